The fourth-order valence-corrected chi connectivity index (χ4v) is 4.12. The molecule has 27 heavy (non-hydrogen) atoms. The summed E-state index contributed by atoms with van der Waals surface area (Å²) >= 11 is 3.54. The summed E-state index contributed by atoms with van der Waals surface area (Å²) in [4.78, 5) is 18.9. The first-order valence-electron chi connectivity index (χ1n) is 8.80. The molecule has 138 valence electrons. The molecule has 0 saturated heterocycles. The molecule has 0 aliphatic rings. The third kappa shape index (κ3) is 6.15. The number of anilines is 1. The largest absolute Gasteiger partial charge is 0.322 e. The van der Waals surface area contributed by atoms with Gasteiger partial charge >= 0.3 is 0 Å². The quantitative estimate of drug-likeness (QED) is 0.490. The van der Waals surface area contributed by atoms with Crippen LogP contribution in [0, 0.1) is 0 Å². The molecule has 0 aliphatic carbocycles. The lowest BCUT2D eigenvalue weighted by Gasteiger charge is -2.08. The van der Waals surface area contributed by atoms with E-state index in [1.54, 1.807) is 29.7 Å². The molecular weight excluding hydrogens is 372 g/mol. The second-order valence-corrected chi connectivity index (χ2v) is 9.02. The second kappa shape index (κ2) is 9.62. The Kier molecular flexibility index (Phi) is 6.96. The zero-order valence-electron chi connectivity index (χ0n) is 15.4. The van der Waals surface area contributed by atoms with Gasteiger partial charge in [0.15, 0.2) is 0 Å². The molecule has 3 rings (SSSR count). The van der Waals surface area contributed by atoms with Crippen molar-refractivity contribution in [2.24, 2.45) is 0 Å². The molecule has 0 aliphatic heterocycles. The number of rotatable bonds is 7. The highest BCUT2D eigenvalue weighted by atomic mass is 32.2. The maximum Gasteiger partial charge on any atom is 0.255 e. The Hall–Kier alpha value is -2.24. The summed E-state index contributed by atoms with van der Waals surface area (Å²) in [6, 6.07) is 19.7. The van der Waals surface area contributed by atoms with Gasteiger partial charge in [-0.1, -0.05) is 19.9 Å². The first-order chi connectivity index (χ1) is 13.1. The lowest BCUT2D eigenvalue weighted by Crippen LogP contribution is -2.11. The molecule has 0 unspecified atom stereocenters. The van der Waals surface area contributed by atoms with Gasteiger partial charge in [0.1, 0.15) is 0 Å². The van der Waals surface area contributed by atoms with E-state index in [1.807, 2.05) is 60.8 Å². The van der Waals surface area contributed by atoms with Crippen molar-refractivity contribution >= 4 is 35.1 Å². The van der Waals surface area contributed by atoms with E-state index in [1.165, 1.54) is 10.5 Å². The van der Waals surface area contributed by atoms with E-state index >= 15 is 0 Å². The molecule has 1 N–H and O–H groups in total. The minimum absolute atomic E-state index is 0.0909. The van der Waals surface area contributed by atoms with Crippen LogP contribution in [0.3, 0.4) is 0 Å². The lowest BCUT2D eigenvalue weighted by atomic mass is 10.2. The van der Waals surface area contributed by atoms with Crippen LogP contribution in [0.2, 0.25) is 0 Å². The van der Waals surface area contributed by atoms with Crippen LogP contribution in [0.1, 0.15) is 29.8 Å². The highest BCUT2D eigenvalue weighted by molar-refractivity contribution is 8.00. The van der Waals surface area contributed by atoms with Gasteiger partial charge in [-0.25, -0.2) is 0 Å². The van der Waals surface area contributed by atoms with Crippen LogP contribution in [0.4, 0.5) is 5.69 Å². The van der Waals surface area contributed by atoms with Crippen LogP contribution in [-0.4, -0.2) is 16.1 Å². The summed E-state index contributed by atoms with van der Waals surface area (Å²) in [5, 5.41) is 3.48. The zero-order chi connectivity index (χ0) is 19.1. The maximum absolute atomic E-state index is 12.4. The van der Waals surface area contributed by atoms with Gasteiger partial charge in [0.05, 0.1) is 0 Å². The Labute approximate surface area is 169 Å². The smallest absolute Gasteiger partial charge is 0.255 e. The summed E-state index contributed by atoms with van der Waals surface area (Å²) in [6.45, 7) is 4.31. The first-order valence-corrected chi connectivity index (χ1v) is 10.7. The average Bonchev–Trinajstić information content (AvgIpc) is 2.68. The molecule has 1 amide bonds. The van der Waals surface area contributed by atoms with E-state index < -0.39 is 0 Å². The van der Waals surface area contributed by atoms with Gasteiger partial charge in [0.2, 0.25) is 0 Å². The van der Waals surface area contributed by atoms with Crippen molar-refractivity contribution in [2.45, 2.75) is 34.6 Å². The minimum atomic E-state index is -0.0909. The Morgan fingerprint density at radius 2 is 1.70 bits per heavy atom. The van der Waals surface area contributed by atoms with Crippen LogP contribution >= 0.6 is 23.5 Å². The topological polar surface area (TPSA) is 42.0 Å². The molecule has 2 aromatic carbocycles. The van der Waals surface area contributed by atoms with Crippen LogP contribution in [0.5, 0.6) is 0 Å². The van der Waals surface area contributed by atoms with Gasteiger partial charge in [-0.05, 0) is 60.2 Å². The normalized spacial score (nSPS) is 10.8. The highest BCUT2D eigenvalue weighted by Crippen LogP contribution is 2.25. The summed E-state index contributed by atoms with van der Waals surface area (Å²) < 4.78 is 0. The molecule has 0 spiro atoms. The number of benzene rings is 2. The van der Waals surface area contributed by atoms with Crippen molar-refractivity contribution in [3.63, 3.8) is 0 Å². The van der Waals surface area contributed by atoms with Crippen molar-refractivity contribution in [1.82, 2.24) is 4.98 Å². The summed E-state index contributed by atoms with van der Waals surface area (Å²) in [5.41, 5.74) is 2.66. The van der Waals surface area contributed by atoms with Gasteiger partial charge in [-0.2, -0.15) is 0 Å². The highest BCUT2D eigenvalue weighted by Gasteiger charge is 2.07. The summed E-state index contributed by atoms with van der Waals surface area (Å²) in [5.74, 6) is 0.784. The van der Waals surface area contributed by atoms with E-state index in [-0.39, 0.29) is 5.91 Å². The number of aromatic nitrogens is 1. The molecule has 1 heterocycles. The number of thioether (sulfide) groups is 2. The van der Waals surface area contributed by atoms with E-state index in [9.17, 15) is 4.79 Å². The first kappa shape index (κ1) is 19.5. The van der Waals surface area contributed by atoms with Gasteiger partial charge in [-0.3, -0.25) is 9.78 Å². The van der Waals surface area contributed by atoms with Crippen LogP contribution in [0.25, 0.3) is 0 Å². The molecule has 1 aromatic heterocycles. The molecule has 0 saturated carbocycles. The van der Waals surface area contributed by atoms with Crippen molar-refractivity contribution in [1.29, 1.82) is 0 Å². The lowest BCUT2D eigenvalue weighted by molar-refractivity contribution is 0.102. The Morgan fingerprint density at radius 3 is 2.33 bits per heavy atom. The predicted octanol–water partition coefficient (Wildman–Crippen LogP) is 6.13. The fraction of sp³-hybridized carbons (Fsp3) is 0.182. The number of nitrogens with one attached hydrogen (secondary N) is 1. The molecule has 0 fully saturated rings. The van der Waals surface area contributed by atoms with Gasteiger partial charge in [0, 0.05) is 44.4 Å². The van der Waals surface area contributed by atoms with Gasteiger partial charge in [-0.15, -0.1) is 23.5 Å². The third-order valence-electron chi connectivity index (χ3n) is 3.73. The fourth-order valence-electron chi connectivity index (χ4n) is 2.44. The van der Waals surface area contributed by atoms with E-state index in [0.717, 1.165) is 16.3 Å². The molecule has 3 aromatic rings. The molecule has 0 radical (unpaired) electrons. The standard InChI is InChI=1S/C22H22N2OS2/c1-16(2)27-21-9-5-18(6-10-21)22(25)24-19-7-11-20(12-8-19)26-15-17-4-3-13-23-14-17/h3-14,16H,15H2,1-2H3,(H,24,25). The Morgan fingerprint density at radius 1 is 1.00 bits per heavy atom. The maximum atomic E-state index is 12.4. The number of carbonyl (C=O) groups excluding carboxylic acids is 1. The Bertz CT molecular complexity index is 863. The monoisotopic (exact) mass is 394 g/mol. The molecule has 0 bridgehead atoms. The predicted molar refractivity (Wildman–Crippen MR) is 116 cm³/mol. The number of nitrogens with zero attached hydrogens (tertiary/aromatic N) is 1. The molecule has 3 nitrogen and oxygen atoms in total. The van der Waals surface area contributed by atoms with Crippen molar-refractivity contribution < 1.29 is 4.79 Å². The number of amides is 1. The number of pyridine rings is 1. The van der Waals surface area contributed by atoms with Gasteiger partial charge in [0.25, 0.3) is 5.91 Å². The summed E-state index contributed by atoms with van der Waals surface area (Å²) in [7, 11) is 0. The Balaban J connectivity index is 1.55. The van der Waals surface area contributed by atoms with Crippen molar-refractivity contribution in [3.05, 3.63) is 84.2 Å². The molecule has 5 heteroatoms. The zero-order valence-corrected chi connectivity index (χ0v) is 17.0. The van der Waals surface area contributed by atoms with E-state index in [0.29, 0.717) is 10.8 Å². The van der Waals surface area contributed by atoms with Crippen LogP contribution < -0.4 is 5.32 Å². The van der Waals surface area contributed by atoms with Crippen molar-refractivity contribution in [2.75, 3.05) is 5.32 Å². The number of carbonyl (C=O) groups is 1. The number of hydrogen-bond acceptors (Lipinski definition) is 4. The van der Waals surface area contributed by atoms with Crippen LogP contribution in [-0.2, 0) is 5.75 Å². The second-order valence-electron chi connectivity index (χ2n) is 6.32. The molecular formula is C22H22N2OS2. The van der Waals surface area contributed by atoms with E-state index in [2.05, 4.69) is 30.2 Å². The SMILES string of the molecule is CC(C)Sc1ccc(C(=O)Nc2ccc(SCc3cccnc3)cc2)cc1. The van der Waals surface area contributed by atoms with Crippen molar-refractivity contribution in [3.8, 4) is 0 Å². The van der Waals surface area contributed by atoms with E-state index in [4.69, 9.17) is 0 Å². The minimum Gasteiger partial charge on any atom is -0.322 e. The third-order valence-corrected chi connectivity index (χ3v) is 5.83. The number of hydrogen-bond donors (Lipinski definition) is 1. The van der Waals surface area contributed by atoms with Crippen LogP contribution in [0.15, 0.2) is 82.8 Å². The average molecular weight is 395 g/mol. The summed E-state index contributed by atoms with van der Waals surface area (Å²) in [6.07, 6.45) is 3.66. The molecule has 0 atom stereocenters. The van der Waals surface area contributed by atoms with Gasteiger partial charge < -0.3 is 5.32 Å².